The van der Waals surface area contributed by atoms with Crippen molar-refractivity contribution in [1.29, 1.82) is 0 Å². The molecule has 0 amide bonds. The predicted octanol–water partition coefficient (Wildman–Crippen LogP) is 4.25. The van der Waals surface area contributed by atoms with Crippen molar-refractivity contribution < 1.29 is 17.2 Å². The predicted molar refractivity (Wildman–Crippen MR) is 120 cm³/mol. The Morgan fingerprint density at radius 2 is 1.94 bits per heavy atom. The molecule has 0 unspecified atom stereocenters. The molecule has 4 rings (SSSR count). The molecule has 3 aromatic rings. The minimum Gasteiger partial charge on any atom is -0.370 e. The molecule has 32 heavy (non-hydrogen) atoms. The fourth-order valence-corrected chi connectivity index (χ4v) is 5.77. The minimum atomic E-state index is -3.80. The maximum atomic E-state index is 13.2. The van der Waals surface area contributed by atoms with E-state index in [1.54, 1.807) is 16.7 Å². The molecule has 1 saturated carbocycles. The van der Waals surface area contributed by atoms with Crippen LogP contribution in [0.3, 0.4) is 0 Å². The van der Waals surface area contributed by atoms with Gasteiger partial charge in [-0.2, -0.15) is 0 Å². The second kappa shape index (κ2) is 8.64. The van der Waals surface area contributed by atoms with Crippen molar-refractivity contribution >= 4 is 32.6 Å². The molecule has 1 N–H and O–H groups in total. The quantitative estimate of drug-likeness (QED) is 0.463. The molecule has 0 atom stereocenters. The second-order valence-electron chi connectivity index (χ2n) is 8.30. The van der Waals surface area contributed by atoms with Gasteiger partial charge in [-0.1, -0.05) is 25.2 Å². The zero-order chi connectivity index (χ0) is 23.1. The van der Waals surface area contributed by atoms with E-state index in [1.807, 2.05) is 6.92 Å². The number of fused-ring (bicyclic) bond motifs is 1. The Kier molecular flexibility index (Phi) is 6.21. The molecule has 3 aromatic heterocycles. The van der Waals surface area contributed by atoms with E-state index < -0.39 is 27.0 Å². The van der Waals surface area contributed by atoms with E-state index in [1.165, 1.54) is 6.20 Å². The van der Waals surface area contributed by atoms with Gasteiger partial charge in [-0.3, -0.25) is 4.40 Å². The first-order chi connectivity index (χ1) is 15.2. The van der Waals surface area contributed by atoms with Gasteiger partial charge < -0.3 is 4.90 Å². The number of sulfonamides is 1. The van der Waals surface area contributed by atoms with Crippen LogP contribution in [0.4, 0.5) is 14.5 Å². The third-order valence-electron chi connectivity index (χ3n) is 5.43. The van der Waals surface area contributed by atoms with E-state index in [9.17, 15) is 17.2 Å². The van der Waals surface area contributed by atoms with Crippen molar-refractivity contribution in [2.75, 3.05) is 18.0 Å². The fourth-order valence-electron chi connectivity index (χ4n) is 3.59. The lowest BCUT2D eigenvalue weighted by Gasteiger charge is -2.25. The molecule has 1 aliphatic carbocycles. The van der Waals surface area contributed by atoms with E-state index >= 15 is 0 Å². The van der Waals surface area contributed by atoms with Crippen LogP contribution in [0.5, 0.6) is 0 Å². The standard InChI is InChI=1S/C20H26F2N6O2S2/c1-4-8-27(9-5-2)14-10-13(32(29,30)26-20(3)6-7-20)12-28-15(14)11-23-17(28)19-25-24-18(31-19)16(21)22/h10-12,16,26H,4-9H2,1-3H3. The van der Waals surface area contributed by atoms with Crippen molar-refractivity contribution in [1.82, 2.24) is 24.3 Å². The molecule has 1 aliphatic rings. The van der Waals surface area contributed by atoms with Gasteiger partial charge in [0.15, 0.2) is 15.8 Å². The van der Waals surface area contributed by atoms with Gasteiger partial charge >= 0.3 is 0 Å². The molecule has 0 bridgehead atoms. The van der Waals surface area contributed by atoms with E-state index in [4.69, 9.17) is 0 Å². The van der Waals surface area contributed by atoms with E-state index in [0.717, 1.165) is 55.8 Å². The number of nitrogens with one attached hydrogen (secondary N) is 1. The number of hydrogen-bond acceptors (Lipinski definition) is 7. The molecular formula is C20H26F2N6O2S2. The van der Waals surface area contributed by atoms with Gasteiger partial charge in [-0.15, -0.1) is 10.2 Å². The molecule has 12 heteroatoms. The summed E-state index contributed by atoms with van der Waals surface area (Å²) in [6.07, 6.45) is 3.72. The summed E-state index contributed by atoms with van der Waals surface area (Å²) in [6, 6.07) is 1.67. The first-order valence-corrected chi connectivity index (χ1v) is 12.9. The number of aromatic nitrogens is 4. The molecule has 174 valence electrons. The lowest BCUT2D eigenvalue weighted by molar-refractivity contribution is 0.150. The van der Waals surface area contributed by atoms with Gasteiger partial charge in [0.25, 0.3) is 6.43 Å². The van der Waals surface area contributed by atoms with Gasteiger partial charge in [0.2, 0.25) is 10.0 Å². The van der Waals surface area contributed by atoms with Gasteiger partial charge in [0, 0.05) is 24.8 Å². The summed E-state index contributed by atoms with van der Waals surface area (Å²) >= 11 is 0.747. The highest BCUT2D eigenvalue weighted by atomic mass is 32.2. The van der Waals surface area contributed by atoms with Crippen LogP contribution in [0.25, 0.3) is 16.3 Å². The Hall–Kier alpha value is -2.18. The Morgan fingerprint density at radius 3 is 2.50 bits per heavy atom. The second-order valence-corrected chi connectivity index (χ2v) is 11.0. The Morgan fingerprint density at radius 1 is 1.25 bits per heavy atom. The van der Waals surface area contributed by atoms with E-state index in [2.05, 4.69) is 38.7 Å². The molecule has 0 aliphatic heterocycles. The first-order valence-electron chi connectivity index (χ1n) is 10.6. The summed E-state index contributed by atoms with van der Waals surface area (Å²) in [7, 11) is -3.80. The zero-order valence-corrected chi connectivity index (χ0v) is 19.8. The van der Waals surface area contributed by atoms with Crippen molar-refractivity contribution in [3.63, 3.8) is 0 Å². The molecule has 8 nitrogen and oxygen atoms in total. The molecule has 0 spiro atoms. The van der Waals surface area contributed by atoms with Crippen LogP contribution in [0.1, 0.15) is 57.9 Å². The van der Waals surface area contributed by atoms with E-state index in [-0.39, 0.29) is 15.7 Å². The van der Waals surface area contributed by atoms with Crippen LogP contribution in [0, 0.1) is 0 Å². The summed E-state index contributed by atoms with van der Waals surface area (Å²) in [6.45, 7) is 7.48. The molecule has 3 heterocycles. The van der Waals surface area contributed by atoms with Gasteiger partial charge in [0.05, 0.1) is 17.4 Å². The number of imidazole rings is 1. The molecule has 0 radical (unpaired) electrons. The third kappa shape index (κ3) is 4.48. The largest absolute Gasteiger partial charge is 0.370 e. The average Bonchev–Trinajstić information content (AvgIpc) is 3.13. The van der Waals surface area contributed by atoms with Crippen LogP contribution in [-0.4, -0.2) is 46.6 Å². The number of alkyl halides is 2. The monoisotopic (exact) mass is 484 g/mol. The number of nitrogens with zero attached hydrogens (tertiary/aromatic N) is 5. The lowest BCUT2D eigenvalue weighted by Crippen LogP contribution is -2.34. The highest BCUT2D eigenvalue weighted by Gasteiger charge is 2.41. The van der Waals surface area contributed by atoms with Crippen LogP contribution < -0.4 is 9.62 Å². The lowest BCUT2D eigenvalue weighted by atomic mass is 10.2. The molecule has 1 fully saturated rings. The van der Waals surface area contributed by atoms with Gasteiger partial charge in [0.1, 0.15) is 4.90 Å². The zero-order valence-electron chi connectivity index (χ0n) is 18.2. The summed E-state index contributed by atoms with van der Waals surface area (Å²) in [5, 5.41) is 7.22. The Balaban J connectivity index is 1.89. The van der Waals surface area contributed by atoms with Crippen molar-refractivity contribution in [2.45, 2.75) is 63.3 Å². The average molecular weight is 485 g/mol. The first kappa shape index (κ1) is 23.0. The normalized spacial score (nSPS) is 15.6. The van der Waals surface area contributed by atoms with Crippen LogP contribution in [0.15, 0.2) is 23.4 Å². The van der Waals surface area contributed by atoms with Gasteiger partial charge in [-0.05, 0) is 38.7 Å². The number of anilines is 1. The number of pyridine rings is 1. The maximum absolute atomic E-state index is 13.2. The summed E-state index contributed by atoms with van der Waals surface area (Å²) in [5.41, 5.74) is 0.992. The number of hydrogen-bond donors (Lipinski definition) is 1. The maximum Gasteiger partial charge on any atom is 0.291 e. The minimum absolute atomic E-state index is 0.100. The SMILES string of the molecule is CCCN(CCC)c1cc(S(=O)(=O)NC2(C)CC2)cn2c(-c3nnc(C(F)F)s3)ncc12. The number of rotatable bonds is 10. The van der Waals surface area contributed by atoms with Crippen molar-refractivity contribution in [3.05, 3.63) is 23.5 Å². The highest BCUT2D eigenvalue weighted by molar-refractivity contribution is 7.89. The van der Waals surface area contributed by atoms with Crippen molar-refractivity contribution in [2.24, 2.45) is 0 Å². The Bertz CT molecular complexity index is 1210. The summed E-state index contributed by atoms with van der Waals surface area (Å²) in [4.78, 5) is 6.62. The van der Waals surface area contributed by atoms with E-state index in [0.29, 0.717) is 5.52 Å². The number of halogens is 2. The van der Waals surface area contributed by atoms with Gasteiger partial charge in [-0.25, -0.2) is 26.9 Å². The summed E-state index contributed by atoms with van der Waals surface area (Å²) < 4.78 is 56.9. The van der Waals surface area contributed by atoms with Crippen molar-refractivity contribution in [3.8, 4) is 10.8 Å². The Labute approximate surface area is 189 Å². The van der Waals surface area contributed by atoms with Crippen LogP contribution in [0.2, 0.25) is 0 Å². The molecule has 0 aromatic carbocycles. The molecular weight excluding hydrogens is 458 g/mol. The smallest absolute Gasteiger partial charge is 0.291 e. The summed E-state index contributed by atoms with van der Waals surface area (Å²) in [5.74, 6) is 0.285. The van der Waals surface area contributed by atoms with Crippen LogP contribution >= 0.6 is 11.3 Å². The fraction of sp³-hybridized carbons (Fsp3) is 0.550. The highest BCUT2D eigenvalue weighted by Crippen LogP contribution is 2.37. The topological polar surface area (TPSA) is 92.5 Å². The third-order valence-corrected chi connectivity index (χ3v) is 7.96. The molecule has 0 saturated heterocycles. The van der Waals surface area contributed by atoms with Crippen LogP contribution in [-0.2, 0) is 10.0 Å².